The van der Waals surface area contributed by atoms with Gasteiger partial charge in [-0.15, -0.1) is 0 Å². The SMILES string of the molecule is Cc1ccc(S(=O)(=O)N2CCOCC2)cc1NC(=O)CN1CCC(C(=O)c2ccccc2)CC1. The molecule has 2 saturated heterocycles. The van der Waals surface area contributed by atoms with Crippen LogP contribution in [-0.4, -0.2) is 75.3 Å². The van der Waals surface area contributed by atoms with Crippen molar-refractivity contribution in [2.24, 2.45) is 5.92 Å². The lowest BCUT2D eigenvalue weighted by molar-refractivity contribution is -0.117. The number of carbonyl (C=O) groups excluding carboxylic acids is 2. The third-order valence-corrected chi connectivity index (χ3v) is 8.37. The number of ketones is 1. The third-order valence-electron chi connectivity index (χ3n) is 6.47. The van der Waals surface area contributed by atoms with Crippen LogP contribution < -0.4 is 5.32 Å². The number of amides is 1. The van der Waals surface area contributed by atoms with Gasteiger partial charge in [0.1, 0.15) is 0 Å². The fraction of sp³-hybridized carbons (Fsp3) is 0.440. The molecular formula is C25H31N3O5S. The number of Topliss-reactive ketones (excluding diaryl/α,β-unsaturated/α-hetero) is 1. The van der Waals surface area contributed by atoms with Crippen LogP contribution in [0.5, 0.6) is 0 Å². The molecule has 2 aliphatic rings. The number of rotatable bonds is 7. The Morgan fingerprint density at radius 1 is 1.00 bits per heavy atom. The lowest BCUT2D eigenvalue weighted by Gasteiger charge is -2.30. The van der Waals surface area contributed by atoms with E-state index in [4.69, 9.17) is 4.74 Å². The zero-order valence-electron chi connectivity index (χ0n) is 19.4. The Kier molecular flexibility index (Phi) is 7.77. The molecular weight excluding hydrogens is 454 g/mol. The van der Waals surface area contributed by atoms with Crippen LogP contribution in [0.25, 0.3) is 0 Å². The van der Waals surface area contributed by atoms with Gasteiger partial charge in [-0.3, -0.25) is 14.5 Å². The molecule has 2 aliphatic heterocycles. The Bertz CT molecular complexity index is 1120. The van der Waals surface area contributed by atoms with E-state index in [1.54, 1.807) is 12.1 Å². The second-order valence-electron chi connectivity index (χ2n) is 8.82. The van der Waals surface area contributed by atoms with Crippen molar-refractivity contribution in [2.45, 2.75) is 24.7 Å². The number of anilines is 1. The van der Waals surface area contributed by atoms with E-state index >= 15 is 0 Å². The Morgan fingerprint density at radius 2 is 1.68 bits per heavy atom. The molecule has 182 valence electrons. The quantitative estimate of drug-likeness (QED) is 0.606. The van der Waals surface area contributed by atoms with Gasteiger partial charge in [0.05, 0.1) is 24.7 Å². The molecule has 2 fully saturated rings. The number of piperidine rings is 1. The first-order valence-corrected chi connectivity index (χ1v) is 13.1. The number of likely N-dealkylation sites (tertiary alicyclic amines) is 1. The molecule has 0 bridgehead atoms. The van der Waals surface area contributed by atoms with Gasteiger partial charge < -0.3 is 10.1 Å². The average molecular weight is 486 g/mol. The Balaban J connectivity index is 1.34. The molecule has 0 saturated carbocycles. The van der Waals surface area contributed by atoms with Gasteiger partial charge in [-0.2, -0.15) is 4.31 Å². The lowest BCUT2D eigenvalue weighted by atomic mass is 9.89. The van der Waals surface area contributed by atoms with Gasteiger partial charge in [-0.05, 0) is 50.6 Å². The van der Waals surface area contributed by atoms with Crippen LogP contribution in [0.1, 0.15) is 28.8 Å². The van der Waals surface area contributed by atoms with Gasteiger partial charge >= 0.3 is 0 Å². The second kappa shape index (κ2) is 10.8. The molecule has 9 heteroatoms. The van der Waals surface area contributed by atoms with Crippen molar-refractivity contribution < 1.29 is 22.7 Å². The predicted octanol–water partition coefficient (Wildman–Crippen LogP) is 2.55. The summed E-state index contributed by atoms with van der Waals surface area (Å²) in [6, 6.07) is 14.1. The number of nitrogens with zero attached hydrogens (tertiary/aromatic N) is 2. The molecule has 0 aromatic heterocycles. The number of carbonyl (C=O) groups is 2. The minimum atomic E-state index is -3.64. The topological polar surface area (TPSA) is 96.0 Å². The number of hydrogen-bond acceptors (Lipinski definition) is 6. The van der Waals surface area contributed by atoms with Crippen LogP contribution in [0.3, 0.4) is 0 Å². The van der Waals surface area contributed by atoms with E-state index in [1.165, 1.54) is 10.4 Å². The molecule has 34 heavy (non-hydrogen) atoms. The van der Waals surface area contributed by atoms with Gasteiger partial charge in [-0.25, -0.2) is 8.42 Å². The van der Waals surface area contributed by atoms with Gasteiger partial charge in [0.2, 0.25) is 15.9 Å². The molecule has 0 aliphatic carbocycles. The minimum Gasteiger partial charge on any atom is -0.379 e. The van der Waals surface area contributed by atoms with Crippen molar-refractivity contribution in [1.29, 1.82) is 0 Å². The van der Waals surface area contributed by atoms with Crippen molar-refractivity contribution in [3.8, 4) is 0 Å². The largest absolute Gasteiger partial charge is 0.379 e. The lowest BCUT2D eigenvalue weighted by Crippen LogP contribution is -2.41. The summed E-state index contributed by atoms with van der Waals surface area (Å²) in [7, 11) is -3.64. The number of morpholine rings is 1. The molecule has 8 nitrogen and oxygen atoms in total. The number of benzene rings is 2. The number of nitrogens with one attached hydrogen (secondary N) is 1. The molecule has 2 aromatic carbocycles. The number of ether oxygens (including phenoxy) is 1. The van der Waals surface area contributed by atoms with E-state index in [2.05, 4.69) is 5.32 Å². The van der Waals surface area contributed by atoms with Crippen LogP contribution in [0.4, 0.5) is 5.69 Å². The van der Waals surface area contributed by atoms with Crippen LogP contribution in [0, 0.1) is 12.8 Å². The van der Waals surface area contributed by atoms with E-state index < -0.39 is 10.0 Å². The highest BCUT2D eigenvalue weighted by Crippen LogP contribution is 2.25. The number of sulfonamides is 1. The van der Waals surface area contributed by atoms with Crippen molar-refractivity contribution in [2.75, 3.05) is 51.3 Å². The van der Waals surface area contributed by atoms with Crippen LogP contribution in [0.2, 0.25) is 0 Å². The van der Waals surface area contributed by atoms with Crippen LogP contribution in [-0.2, 0) is 19.6 Å². The maximum absolute atomic E-state index is 13.0. The average Bonchev–Trinajstić information content (AvgIpc) is 2.86. The molecule has 1 N–H and O–H groups in total. The predicted molar refractivity (Wildman–Crippen MR) is 129 cm³/mol. The zero-order chi connectivity index (χ0) is 24.1. The molecule has 0 radical (unpaired) electrons. The Morgan fingerprint density at radius 3 is 2.35 bits per heavy atom. The maximum atomic E-state index is 13.0. The van der Waals surface area contributed by atoms with Crippen LogP contribution in [0.15, 0.2) is 53.4 Å². The molecule has 2 heterocycles. The molecule has 0 unspecified atom stereocenters. The summed E-state index contributed by atoms with van der Waals surface area (Å²) in [6.45, 7) is 4.77. The molecule has 2 aromatic rings. The minimum absolute atomic E-state index is 0.0222. The summed E-state index contributed by atoms with van der Waals surface area (Å²) in [4.78, 5) is 27.6. The van der Waals surface area contributed by atoms with Crippen molar-refractivity contribution in [3.05, 3.63) is 59.7 Å². The first kappa shape index (κ1) is 24.5. The highest BCUT2D eigenvalue weighted by Gasteiger charge is 2.28. The summed E-state index contributed by atoms with van der Waals surface area (Å²) in [6.07, 6.45) is 1.43. The van der Waals surface area contributed by atoms with Gasteiger partial charge in [0, 0.05) is 30.3 Å². The highest BCUT2D eigenvalue weighted by atomic mass is 32.2. The van der Waals surface area contributed by atoms with Gasteiger partial charge in [-0.1, -0.05) is 36.4 Å². The third kappa shape index (κ3) is 5.72. The summed E-state index contributed by atoms with van der Waals surface area (Å²) in [5.41, 5.74) is 2.02. The first-order valence-electron chi connectivity index (χ1n) is 11.6. The number of aryl methyl sites for hydroxylation is 1. The second-order valence-corrected chi connectivity index (χ2v) is 10.8. The monoisotopic (exact) mass is 485 g/mol. The van der Waals surface area contributed by atoms with E-state index in [-0.39, 0.29) is 29.0 Å². The maximum Gasteiger partial charge on any atom is 0.243 e. The Labute approximate surface area is 200 Å². The van der Waals surface area contributed by atoms with E-state index in [0.29, 0.717) is 57.9 Å². The fourth-order valence-corrected chi connectivity index (χ4v) is 5.85. The zero-order valence-corrected chi connectivity index (χ0v) is 20.2. The van der Waals surface area contributed by atoms with Gasteiger partial charge in [0.25, 0.3) is 0 Å². The summed E-state index contributed by atoms with van der Waals surface area (Å²) < 4.78 is 32.6. The normalized spacial score (nSPS) is 18.5. The molecule has 1 amide bonds. The number of hydrogen-bond donors (Lipinski definition) is 1. The van der Waals surface area contributed by atoms with E-state index in [0.717, 1.165) is 11.1 Å². The van der Waals surface area contributed by atoms with E-state index in [9.17, 15) is 18.0 Å². The molecule has 4 rings (SSSR count). The van der Waals surface area contributed by atoms with Gasteiger partial charge in [0.15, 0.2) is 5.78 Å². The van der Waals surface area contributed by atoms with E-state index in [1.807, 2.05) is 42.2 Å². The summed E-state index contributed by atoms with van der Waals surface area (Å²) in [5, 5.41) is 2.88. The van der Waals surface area contributed by atoms with Crippen LogP contribution >= 0.6 is 0 Å². The molecule has 0 spiro atoms. The standard InChI is InChI=1S/C25H31N3O5S/c1-19-7-8-22(34(31,32)28-13-15-33-16-14-28)17-23(19)26-24(29)18-27-11-9-21(10-12-27)25(30)20-5-3-2-4-6-20/h2-8,17,21H,9-16,18H2,1H3,(H,26,29). The van der Waals surface area contributed by atoms with Crippen molar-refractivity contribution in [1.82, 2.24) is 9.21 Å². The van der Waals surface area contributed by atoms with Crippen molar-refractivity contribution in [3.63, 3.8) is 0 Å². The van der Waals surface area contributed by atoms with Crippen molar-refractivity contribution >= 4 is 27.4 Å². The fourth-order valence-electron chi connectivity index (χ4n) is 4.42. The summed E-state index contributed by atoms with van der Waals surface area (Å²) >= 11 is 0. The highest BCUT2D eigenvalue weighted by molar-refractivity contribution is 7.89. The smallest absolute Gasteiger partial charge is 0.243 e. The Hall–Kier alpha value is -2.59. The first-order chi connectivity index (χ1) is 16.3. The molecule has 0 atom stereocenters. The summed E-state index contributed by atoms with van der Waals surface area (Å²) in [5.74, 6) is -0.0542.